The Bertz CT molecular complexity index is 1810. The van der Waals surface area contributed by atoms with E-state index in [9.17, 15) is 19.2 Å². The highest BCUT2D eigenvalue weighted by atomic mass is 16.7. The van der Waals surface area contributed by atoms with Gasteiger partial charge in [0.25, 0.3) is 0 Å². The summed E-state index contributed by atoms with van der Waals surface area (Å²) in [6.07, 6.45) is 0. The van der Waals surface area contributed by atoms with E-state index >= 15 is 0 Å². The van der Waals surface area contributed by atoms with Crippen LogP contribution in [0.5, 0.6) is 5.75 Å². The number of rotatable bonds is 12. The normalized spacial score (nSPS) is 10.7. The van der Waals surface area contributed by atoms with Gasteiger partial charge in [-0.05, 0) is 35.9 Å². The predicted octanol–water partition coefficient (Wildman–Crippen LogP) is 3.25. The van der Waals surface area contributed by atoms with E-state index in [1.54, 1.807) is 12.1 Å². The van der Waals surface area contributed by atoms with E-state index < -0.39 is 50.6 Å². The van der Waals surface area contributed by atoms with Crippen LogP contribution in [0, 0.1) is 0 Å². The summed E-state index contributed by atoms with van der Waals surface area (Å²) < 4.78 is 33.6. The van der Waals surface area contributed by atoms with Gasteiger partial charge in [-0.3, -0.25) is 19.2 Å². The van der Waals surface area contributed by atoms with Gasteiger partial charge in [-0.1, -0.05) is 6.07 Å². The minimum absolute atomic E-state index is 0.355. The van der Waals surface area contributed by atoms with Crippen LogP contribution in [-0.2, 0) is 38.1 Å². The van der Waals surface area contributed by atoms with Crippen molar-refractivity contribution in [1.29, 1.82) is 0 Å². The molecule has 248 valence electrons. The largest absolute Gasteiger partial charge is 0.495 e. The van der Waals surface area contributed by atoms with E-state index in [2.05, 4.69) is 0 Å². The molecule has 0 N–H and O–H groups in total. The van der Waals surface area contributed by atoms with Crippen molar-refractivity contribution in [1.82, 2.24) is 4.58 Å². The molecule has 0 spiro atoms. The zero-order valence-corrected chi connectivity index (χ0v) is 27.4. The lowest BCUT2D eigenvalue weighted by atomic mass is 9.93. The van der Waals surface area contributed by atoms with Crippen LogP contribution in [0.4, 0.5) is 11.4 Å². The molecule has 0 amide bonds. The zero-order valence-electron chi connectivity index (χ0n) is 27.4. The van der Waals surface area contributed by atoms with Crippen molar-refractivity contribution in [2.45, 2.75) is 13.8 Å². The molecule has 0 aromatic heterocycles. The first kappa shape index (κ1) is 34.3. The van der Waals surface area contributed by atoms with Gasteiger partial charge in [0.1, 0.15) is 44.3 Å². The minimum Gasteiger partial charge on any atom is -0.495 e. The zero-order chi connectivity index (χ0) is 34.2. The molecule has 0 atom stereocenters. The molecule has 0 bridgehead atoms. The Kier molecular flexibility index (Phi) is 11.0. The second-order valence-corrected chi connectivity index (χ2v) is 10.9. The van der Waals surface area contributed by atoms with Crippen molar-refractivity contribution >= 4 is 46.2 Å². The Morgan fingerprint density at radius 1 is 0.787 bits per heavy atom. The van der Waals surface area contributed by atoms with Gasteiger partial charge >= 0.3 is 23.9 Å². The molecule has 0 fully saturated rings. The van der Waals surface area contributed by atoms with E-state index in [0.717, 1.165) is 33.1 Å². The van der Waals surface area contributed by atoms with Crippen molar-refractivity contribution in [3.8, 4) is 28.2 Å². The summed E-state index contributed by atoms with van der Waals surface area (Å²) in [5.74, 6) is -1.80. The second kappa shape index (κ2) is 15.1. The molecule has 0 radical (unpaired) electrons. The lowest BCUT2D eigenvalue weighted by Crippen LogP contribution is -2.37. The summed E-state index contributed by atoms with van der Waals surface area (Å²) in [7, 11) is 9.27. The highest BCUT2D eigenvalue weighted by molar-refractivity contribution is 6.03. The number of anilines is 2. The van der Waals surface area contributed by atoms with Crippen LogP contribution >= 0.6 is 0 Å². The summed E-state index contributed by atoms with van der Waals surface area (Å²) in [5.41, 5.74) is 4.42. The Morgan fingerprint density at radius 3 is 1.98 bits per heavy atom. The van der Waals surface area contributed by atoms with Crippen molar-refractivity contribution in [3.05, 3.63) is 60.0 Å². The number of ether oxygens (including phenoxy) is 5. The molecule has 0 unspecified atom stereocenters. The maximum Gasteiger partial charge on any atom is 0.328 e. The van der Waals surface area contributed by atoms with Crippen LogP contribution in [0.15, 0.2) is 59.0 Å². The summed E-state index contributed by atoms with van der Waals surface area (Å²) in [4.78, 5) is 51.4. The number of hydrogen-bond donors (Lipinski definition) is 0. The fraction of sp³-hybridized carbons (Fsp3) is 0.324. The van der Waals surface area contributed by atoms with Crippen molar-refractivity contribution in [2.24, 2.45) is 0 Å². The molecule has 2 aromatic carbocycles. The molecule has 2 aliphatic rings. The molecule has 13 heteroatoms. The monoisotopic (exact) mass is 648 g/mol. The van der Waals surface area contributed by atoms with E-state index in [1.165, 1.54) is 25.9 Å². The number of carbonyl (C=O) groups excluding carboxylic acids is 4. The lowest BCUT2D eigenvalue weighted by Gasteiger charge is -2.26. The van der Waals surface area contributed by atoms with Crippen LogP contribution in [-0.4, -0.2) is 85.9 Å². The first-order chi connectivity index (χ1) is 22.4. The van der Waals surface area contributed by atoms with Crippen LogP contribution in [0.2, 0.25) is 0 Å². The minimum atomic E-state index is -0.784. The number of esters is 4. The first-order valence-corrected chi connectivity index (χ1v) is 14.6. The van der Waals surface area contributed by atoms with Crippen LogP contribution < -0.4 is 24.5 Å². The third-order valence-electron chi connectivity index (χ3n) is 7.13. The van der Waals surface area contributed by atoms with Crippen molar-refractivity contribution < 1.29 is 47.3 Å². The number of nitrogens with zero attached hydrogens (tertiary/aromatic N) is 3. The number of carbonyl (C=O) groups is 4. The standard InChI is InChI=1S/C34H38N3O10/c1-21(38)43-19-45-32(40)17-37(18-33(41)46-20-44-22(2)39)28-14-23(8-13-29(28)42-7)34-26-11-9-24(35(3)4)15-30(26)47-31-16-25(36(5)6)10-12-27(31)34/h8-16H,17-20H2,1-7H3/q+1. The van der Waals surface area contributed by atoms with Crippen molar-refractivity contribution in [3.63, 3.8) is 0 Å². The second-order valence-electron chi connectivity index (χ2n) is 10.9. The number of benzene rings is 3. The number of methoxy groups -OCH3 is 1. The van der Waals surface area contributed by atoms with Gasteiger partial charge in [-0.2, -0.15) is 0 Å². The average Bonchev–Trinajstić information content (AvgIpc) is 3.02. The Hall–Kier alpha value is -5.59. The molecule has 2 aromatic rings. The van der Waals surface area contributed by atoms with Crippen LogP contribution in [0.25, 0.3) is 33.4 Å². The maximum atomic E-state index is 12.8. The molecule has 0 saturated heterocycles. The van der Waals surface area contributed by atoms with Crippen molar-refractivity contribution in [2.75, 3.05) is 71.8 Å². The van der Waals surface area contributed by atoms with E-state index in [-0.39, 0.29) is 0 Å². The maximum absolute atomic E-state index is 12.8. The Morgan fingerprint density at radius 2 is 1.43 bits per heavy atom. The van der Waals surface area contributed by atoms with Gasteiger partial charge in [-0.15, -0.1) is 0 Å². The molecule has 47 heavy (non-hydrogen) atoms. The molecule has 0 saturated carbocycles. The molecule has 1 aliphatic heterocycles. The molecule has 4 rings (SSSR count). The van der Waals surface area contributed by atoms with Crippen LogP contribution in [0.3, 0.4) is 0 Å². The van der Waals surface area contributed by atoms with Gasteiger partial charge in [0.15, 0.2) is 0 Å². The highest BCUT2D eigenvalue weighted by Crippen LogP contribution is 2.43. The van der Waals surface area contributed by atoms with E-state index in [0.29, 0.717) is 22.8 Å². The molecule has 13 nitrogen and oxygen atoms in total. The Balaban J connectivity index is 1.87. The Labute approximate surface area is 271 Å². The summed E-state index contributed by atoms with van der Waals surface area (Å²) in [5, 5.41) is 1.79. The number of fused-ring (bicyclic) bond motifs is 2. The van der Waals surface area contributed by atoms with Crippen LogP contribution in [0.1, 0.15) is 13.8 Å². The quantitative estimate of drug-likeness (QED) is 0.0965. The lowest BCUT2D eigenvalue weighted by molar-refractivity contribution is -0.165. The summed E-state index contributed by atoms with van der Waals surface area (Å²) in [6.45, 7) is 0.309. The summed E-state index contributed by atoms with van der Waals surface area (Å²) >= 11 is 0. The molecule has 1 heterocycles. The molecule has 1 aliphatic carbocycles. The van der Waals surface area contributed by atoms with Gasteiger partial charge < -0.3 is 37.9 Å². The van der Waals surface area contributed by atoms with Gasteiger partial charge in [-0.25, -0.2) is 4.58 Å². The fourth-order valence-corrected chi connectivity index (χ4v) is 4.81. The molecular weight excluding hydrogens is 610 g/mol. The van der Waals surface area contributed by atoms with Gasteiger partial charge in [0.2, 0.25) is 18.9 Å². The highest BCUT2D eigenvalue weighted by Gasteiger charge is 2.24. The average molecular weight is 649 g/mol. The van der Waals surface area contributed by atoms with E-state index in [4.69, 9.17) is 28.1 Å². The first-order valence-electron chi connectivity index (χ1n) is 14.6. The van der Waals surface area contributed by atoms with Gasteiger partial charge in [0.05, 0.1) is 18.9 Å². The molecular formula is C34H38N3O10+. The summed E-state index contributed by atoms with van der Waals surface area (Å²) in [6, 6.07) is 17.3. The number of hydrogen-bond acceptors (Lipinski definition) is 12. The SMILES string of the molecule is COc1ccc(-c2c3ccc(=[N+](C)C)cc-3oc3cc(N(C)C)ccc23)cc1N(CC(=O)OCOC(C)=O)CC(=O)OCOC(C)=O. The smallest absolute Gasteiger partial charge is 0.328 e. The van der Waals surface area contributed by atoms with Gasteiger partial charge in [0, 0.05) is 62.3 Å². The fourth-order valence-electron chi connectivity index (χ4n) is 4.81. The predicted molar refractivity (Wildman–Crippen MR) is 174 cm³/mol. The third-order valence-corrected chi connectivity index (χ3v) is 7.13. The topological polar surface area (TPSA) is 137 Å². The third kappa shape index (κ3) is 8.57. The van der Waals surface area contributed by atoms with E-state index in [1.807, 2.05) is 80.1 Å².